The number of hydrogen-bond donors (Lipinski definition) is 2. The van der Waals surface area contributed by atoms with Crippen molar-refractivity contribution in [2.75, 3.05) is 0 Å². The molecular weight excluding hydrogens is 230 g/mol. The lowest BCUT2D eigenvalue weighted by molar-refractivity contribution is 0.175. The largest absolute Gasteiger partial charge is 0.393 e. The fourth-order valence-corrected chi connectivity index (χ4v) is 2.65. The topological polar surface area (TPSA) is 84.2 Å². The molecule has 0 bridgehead atoms. The van der Waals surface area contributed by atoms with E-state index >= 15 is 0 Å². The average molecular weight is 247 g/mol. The Morgan fingerprint density at radius 1 is 1.56 bits per heavy atom. The van der Waals surface area contributed by atoms with E-state index in [0.29, 0.717) is 6.42 Å². The standard InChI is InChI=1S/C9H17N3O3S/c1-7(4-8(2)13)11-16(14,15)9-5-12(3)6-10-9/h5-8,11,13H,4H2,1-3H3. The highest BCUT2D eigenvalue weighted by molar-refractivity contribution is 7.89. The Hall–Kier alpha value is -0.920. The molecule has 2 unspecified atom stereocenters. The molecule has 16 heavy (non-hydrogen) atoms. The number of aryl methyl sites for hydroxylation is 1. The van der Waals surface area contributed by atoms with Gasteiger partial charge in [-0.25, -0.2) is 18.1 Å². The van der Waals surface area contributed by atoms with E-state index in [9.17, 15) is 8.42 Å². The van der Waals surface area contributed by atoms with Crippen LogP contribution in [0.1, 0.15) is 20.3 Å². The molecule has 0 aliphatic heterocycles. The van der Waals surface area contributed by atoms with E-state index in [4.69, 9.17) is 5.11 Å². The Labute approximate surface area is 95.4 Å². The van der Waals surface area contributed by atoms with E-state index in [1.807, 2.05) is 0 Å². The maximum Gasteiger partial charge on any atom is 0.259 e. The van der Waals surface area contributed by atoms with Gasteiger partial charge in [-0.1, -0.05) is 0 Å². The first kappa shape index (κ1) is 13.1. The molecule has 0 spiro atoms. The van der Waals surface area contributed by atoms with Gasteiger partial charge in [0.2, 0.25) is 0 Å². The molecule has 2 atom stereocenters. The first-order chi connectivity index (χ1) is 7.31. The van der Waals surface area contributed by atoms with Crippen molar-refractivity contribution in [1.82, 2.24) is 14.3 Å². The Morgan fingerprint density at radius 3 is 2.62 bits per heavy atom. The Morgan fingerprint density at radius 2 is 2.19 bits per heavy atom. The highest BCUT2D eigenvalue weighted by atomic mass is 32.2. The molecule has 7 heteroatoms. The van der Waals surface area contributed by atoms with Crippen LogP contribution in [0.3, 0.4) is 0 Å². The Bertz CT molecular complexity index is 439. The normalized spacial score (nSPS) is 16.0. The van der Waals surface area contributed by atoms with Crippen LogP contribution >= 0.6 is 0 Å². The predicted molar refractivity (Wildman–Crippen MR) is 59.3 cm³/mol. The van der Waals surface area contributed by atoms with E-state index in [1.54, 1.807) is 25.5 Å². The number of aliphatic hydroxyl groups excluding tert-OH is 1. The zero-order valence-electron chi connectivity index (χ0n) is 9.58. The van der Waals surface area contributed by atoms with Gasteiger partial charge in [-0.15, -0.1) is 0 Å². The number of aliphatic hydroxyl groups is 1. The fourth-order valence-electron chi connectivity index (χ4n) is 1.41. The predicted octanol–water partition coefficient (Wildman–Crippen LogP) is -0.142. The number of aromatic nitrogens is 2. The molecule has 0 amide bonds. The van der Waals surface area contributed by atoms with Crippen LogP contribution in [0.2, 0.25) is 0 Å². The van der Waals surface area contributed by atoms with Crippen molar-refractivity contribution in [1.29, 1.82) is 0 Å². The lowest BCUT2D eigenvalue weighted by Crippen LogP contribution is -2.34. The van der Waals surface area contributed by atoms with E-state index in [1.165, 1.54) is 12.5 Å². The summed E-state index contributed by atoms with van der Waals surface area (Å²) in [5, 5.41) is 9.13. The molecule has 0 aliphatic carbocycles. The van der Waals surface area contributed by atoms with Crippen LogP contribution in [0, 0.1) is 0 Å². The van der Waals surface area contributed by atoms with Crippen LogP contribution in [0.4, 0.5) is 0 Å². The Balaban J connectivity index is 2.73. The third-order valence-corrected chi connectivity index (χ3v) is 3.48. The monoisotopic (exact) mass is 247 g/mol. The number of imidazole rings is 1. The van der Waals surface area contributed by atoms with Crippen LogP contribution < -0.4 is 4.72 Å². The van der Waals surface area contributed by atoms with Crippen LogP contribution in [0.5, 0.6) is 0 Å². The molecule has 1 aromatic heterocycles. The molecule has 2 N–H and O–H groups in total. The third-order valence-electron chi connectivity index (χ3n) is 2.01. The van der Waals surface area contributed by atoms with Gasteiger partial charge in [-0.05, 0) is 20.3 Å². The highest BCUT2D eigenvalue weighted by Gasteiger charge is 2.20. The van der Waals surface area contributed by atoms with Gasteiger partial charge in [-0.2, -0.15) is 0 Å². The lowest BCUT2D eigenvalue weighted by Gasteiger charge is -2.14. The molecule has 0 aromatic carbocycles. The van der Waals surface area contributed by atoms with Gasteiger partial charge in [-0.3, -0.25) is 0 Å². The third kappa shape index (κ3) is 3.58. The maximum absolute atomic E-state index is 11.8. The van der Waals surface area contributed by atoms with E-state index in [2.05, 4.69) is 9.71 Å². The summed E-state index contributed by atoms with van der Waals surface area (Å²) in [4.78, 5) is 3.77. The summed E-state index contributed by atoms with van der Waals surface area (Å²) in [6, 6.07) is -0.327. The molecule has 0 aliphatic rings. The van der Waals surface area contributed by atoms with Crippen LogP contribution in [-0.2, 0) is 17.1 Å². The van der Waals surface area contributed by atoms with E-state index < -0.39 is 16.1 Å². The van der Waals surface area contributed by atoms with Crippen LogP contribution in [-0.4, -0.2) is 35.2 Å². The average Bonchev–Trinajstić information content (AvgIpc) is 2.49. The zero-order chi connectivity index (χ0) is 12.3. The summed E-state index contributed by atoms with van der Waals surface area (Å²) in [6.07, 6.45) is 2.68. The Kier molecular flexibility index (Phi) is 4.06. The van der Waals surface area contributed by atoms with Crippen molar-refractivity contribution >= 4 is 10.0 Å². The lowest BCUT2D eigenvalue weighted by atomic mass is 10.2. The van der Waals surface area contributed by atoms with E-state index in [0.717, 1.165) is 0 Å². The second kappa shape index (κ2) is 4.94. The first-order valence-electron chi connectivity index (χ1n) is 4.99. The van der Waals surface area contributed by atoms with Gasteiger partial charge >= 0.3 is 0 Å². The summed E-state index contributed by atoms with van der Waals surface area (Å²) in [5.74, 6) is 0. The number of nitrogens with zero attached hydrogens (tertiary/aromatic N) is 2. The van der Waals surface area contributed by atoms with Crippen molar-refractivity contribution in [3.63, 3.8) is 0 Å². The molecule has 0 saturated heterocycles. The number of rotatable bonds is 5. The number of nitrogens with one attached hydrogen (secondary N) is 1. The molecule has 0 saturated carbocycles. The minimum absolute atomic E-state index is 0.00700. The van der Waals surface area contributed by atoms with Gasteiger partial charge in [0, 0.05) is 19.3 Å². The number of hydrogen-bond acceptors (Lipinski definition) is 4. The second-order valence-electron chi connectivity index (χ2n) is 3.98. The van der Waals surface area contributed by atoms with Crippen LogP contribution in [0.15, 0.2) is 17.6 Å². The molecular formula is C9H17N3O3S. The van der Waals surface area contributed by atoms with Crippen LogP contribution in [0.25, 0.3) is 0 Å². The summed E-state index contributed by atoms with van der Waals surface area (Å²) in [5.41, 5.74) is 0. The molecule has 92 valence electrons. The quantitative estimate of drug-likeness (QED) is 0.758. The second-order valence-corrected chi connectivity index (χ2v) is 5.65. The zero-order valence-corrected chi connectivity index (χ0v) is 10.4. The summed E-state index contributed by atoms with van der Waals surface area (Å²) in [6.45, 7) is 3.32. The molecule has 0 radical (unpaired) electrons. The fraction of sp³-hybridized carbons (Fsp3) is 0.667. The van der Waals surface area contributed by atoms with Gasteiger partial charge in [0.25, 0.3) is 10.0 Å². The van der Waals surface area contributed by atoms with Crippen molar-refractivity contribution in [3.05, 3.63) is 12.5 Å². The highest BCUT2D eigenvalue weighted by Crippen LogP contribution is 2.07. The van der Waals surface area contributed by atoms with Crippen molar-refractivity contribution in [2.45, 2.75) is 37.4 Å². The number of sulfonamides is 1. The van der Waals surface area contributed by atoms with Gasteiger partial charge in [0.15, 0.2) is 5.03 Å². The van der Waals surface area contributed by atoms with Crippen molar-refractivity contribution < 1.29 is 13.5 Å². The minimum atomic E-state index is -3.58. The van der Waals surface area contributed by atoms with Crippen molar-refractivity contribution in [2.24, 2.45) is 7.05 Å². The molecule has 0 fully saturated rings. The van der Waals surface area contributed by atoms with Gasteiger partial charge in [0.1, 0.15) is 0 Å². The molecule has 1 rings (SSSR count). The minimum Gasteiger partial charge on any atom is -0.393 e. The molecule has 6 nitrogen and oxygen atoms in total. The van der Waals surface area contributed by atoms with Gasteiger partial charge < -0.3 is 9.67 Å². The summed E-state index contributed by atoms with van der Waals surface area (Å²) < 4.78 is 27.6. The van der Waals surface area contributed by atoms with Gasteiger partial charge in [0.05, 0.1) is 12.4 Å². The van der Waals surface area contributed by atoms with E-state index in [-0.39, 0.29) is 11.1 Å². The molecule has 1 aromatic rings. The molecule has 1 heterocycles. The van der Waals surface area contributed by atoms with Crippen molar-refractivity contribution in [3.8, 4) is 0 Å². The summed E-state index contributed by atoms with van der Waals surface area (Å²) >= 11 is 0. The first-order valence-corrected chi connectivity index (χ1v) is 6.48. The smallest absolute Gasteiger partial charge is 0.259 e. The SMILES string of the molecule is CC(O)CC(C)NS(=O)(=O)c1cn(C)cn1. The summed E-state index contributed by atoms with van der Waals surface area (Å²) in [7, 11) is -1.88. The maximum atomic E-state index is 11.8.